The Labute approximate surface area is 221 Å². The van der Waals surface area contributed by atoms with E-state index >= 15 is 0 Å². The van der Waals surface area contributed by atoms with Gasteiger partial charge in [0.05, 0.1) is 0 Å². The number of benzene rings is 1. The standard InChI is InChI=1S/C26H36NO10P/c1-16(26(32)35-21-3-2-4-21)27-38(33,36-22-10-7-18(8-11-22)17-5-6-17)37-23(25(30)31)13-20-15-34-14-19(20)9-12-24(28)29/h7-8,10-11,16-17,19-21,23H,2-6,9,12-15H2,1H3,(H,27,33)(H,28,29)(H,30,31)/t16-,19?,20?,23?,38?/m0/s1. The van der Waals surface area contributed by atoms with E-state index in [2.05, 4.69) is 5.09 Å². The van der Waals surface area contributed by atoms with E-state index in [-0.39, 0.29) is 43.1 Å². The maximum Gasteiger partial charge on any atom is 0.460 e. The van der Waals surface area contributed by atoms with Crippen LogP contribution in [0, 0.1) is 11.8 Å². The van der Waals surface area contributed by atoms with Crippen molar-refractivity contribution in [3.63, 3.8) is 0 Å². The van der Waals surface area contributed by atoms with Crippen molar-refractivity contribution in [2.75, 3.05) is 13.2 Å². The zero-order valence-electron chi connectivity index (χ0n) is 21.5. The highest BCUT2D eigenvalue weighted by molar-refractivity contribution is 7.52. The smallest absolute Gasteiger partial charge is 0.460 e. The van der Waals surface area contributed by atoms with Crippen molar-refractivity contribution in [1.29, 1.82) is 0 Å². The molecule has 0 radical (unpaired) electrons. The molecule has 0 amide bonds. The molecule has 1 aromatic rings. The fourth-order valence-corrected chi connectivity index (χ4v) is 6.29. The molecule has 4 rings (SSSR count). The number of esters is 1. The number of rotatable bonds is 15. The maximum absolute atomic E-state index is 13.9. The Morgan fingerprint density at radius 1 is 1.08 bits per heavy atom. The molecule has 1 saturated heterocycles. The van der Waals surface area contributed by atoms with Gasteiger partial charge in [0, 0.05) is 19.6 Å². The molecule has 1 aliphatic heterocycles. The Kier molecular flexibility index (Phi) is 9.46. The van der Waals surface area contributed by atoms with Gasteiger partial charge in [0.2, 0.25) is 0 Å². The van der Waals surface area contributed by atoms with Crippen molar-refractivity contribution in [3.8, 4) is 5.75 Å². The lowest BCUT2D eigenvalue weighted by Gasteiger charge is -2.29. The maximum atomic E-state index is 13.9. The van der Waals surface area contributed by atoms with Crippen LogP contribution in [0.1, 0.15) is 69.8 Å². The van der Waals surface area contributed by atoms with Crippen LogP contribution < -0.4 is 9.61 Å². The number of hydrogen-bond donors (Lipinski definition) is 3. The van der Waals surface area contributed by atoms with Gasteiger partial charge in [-0.3, -0.25) is 14.1 Å². The van der Waals surface area contributed by atoms with Gasteiger partial charge in [-0.1, -0.05) is 12.1 Å². The highest BCUT2D eigenvalue weighted by Gasteiger charge is 2.41. The average molecular weight is 554 g/mol. The van der Waals surface area contributed by atoms with Crippen LogP contribution in [0.3, 0.4) is 0 Å². The number of nitrogens with one attached hydrogen (secondary N) is 1. The topological polar surface area (TPSA) is 158 Å². The van der Waals surface area contributed by atoms with Gasteiger partial charge in [0.15, 0.2) is 6.10 Å². The van der Waals surface area contributed by atoms with E-state index in [4.69, 9.17) is 23.6 Å². The van der Waals surface area contributed by atoms with Gasteiger partial charge in [0.1, 0.15) is 17.9 Å². The molecule has 5 atom stereocenters. The molecule has 4 unspecified atom stereocenters. The Balaban J connectivity index is 1.48. The second-order valence-electron chi connectivity index (χ2n) is 10.4. The van der Waals surface area contributed by atoms with Crippen LogP contribution in [0.2, 0.25) is 0 Å². The first-order valence-corrected chi connectivity index (χ1v) is 14.7. The van der Waals surface area contributed by atoms with Crippen molar-refractivity contribution in [1.82, 2.24) is 5.09 Å². The molecule has 0 aromatic heterocycles. The Bertz CT molecular complexity index is 1040. The fraction of sp³-hybridized carbons (Fsp3) is 0.654. The summed E-state index contributed by atoms with van der Waals surface area (Å²) in [6, 6.07) is 5.93. The van der Waals surface area contributed by atoms with Crippen molar-refractivity contribution in [3.05, 3.63) is 29.8 Å². The molecular weight excluding hydrogens is 517 g/mol. The van der Waals surface area contributed by atoms with Crippen LogP contribution in [0.25, 0.3) is 0 Å². The molecule has 0 spiro atoms. The summed E-state index contributed by atoms with van der Waals surface area (Å²) in [5, 5.41) is 21.5. The second-order valence-corrected chi connectivity index (χ2v) is 12.1. The van der Waals surface area contributed by atoms with E-state index in [0.29, 0.717) is 18.9 Å². The molecule has 0 bridgehead atoms. The summed E-state index contributed by atoms with van der Waals surface area (Å²) in [6.07, 6.45) is 3.21. The highest BCUT2D eigenvalue weighted by atomic mass is 31.2. The van der Waals surface area contributed by atoms with Gasteiger partial charge in [0.25, 0.3) is 0 Å². The fourth-order valence-electron chi connectivity index (χ4n) is 4.64. The molecule has 3 N–H and O–H groups in total. The van der Waals surface area contributed by atoms with E-state index in [1.54, 1.807) is 12.1 Å². The average Bonchev–Trinajstić information content (AvgIpc) is 3.59. The molecule has 12 heteroatoms. The molecule has 11 nitrogen and oxygen atoms in total. The van der Waals surface area contributed by atoms with Gasteiger partial charge in [-0.15, -0.1) is 0 Å². The first-order valence-electron chi connectivity index (χ1n) is 13.2. The van der Waals surface area contributed by atoms with Gasteiger partial charge in [-0.25, -0.2) is 9.36 Å². The number of carbonyl (C=O) groups excluding carboxylic acids is 1. The lowest BCUT2D eigenvalue weighted by Crippen LogP contribution is -2.40. The Morgan fingerprint density at radius 3 is 2.34 bits per heavy atom. The molecule has 2 aliphatic carbocycles. The van der Waals surface area contributed by atoms with E-state index in [1.165, 1.54) is 6.92 Å². The van der Waals surface area contributed by atoms with E-state index in [9.17, 15) is 24.1 Å². The van der Waals surface area contributed by atoms with Crippen LogP contribution in [-0.4, -0.2) is 59.6 Å². The second kappa shape index (κ2) is 12.6. The molecule has 1 heterocycles. The number of ether oxygens (including phenoxy) is 2. The first kappa shape index (κ1) is 28.5. The van der Waals surface area contributed by atoms with Gasteiger partial charge in [-0.05, 0) is 87.3 Å². The van der Waals surface area contributed by atoms with E-state index < -0.39 is 37.8 Å². The zero-order chi connectivity index (χ0) is 27.3. The SMILES string of the molecule is C[C@H](NP(=O)(Oc1ccc(C2CC2)cc1)OC(CC1COCC1CCC(=O)O)C(=O)O)C(=O)OC1CCC1. The minimum absolute atomic E-state index is 0.0594. The van der Waals surface area contributed by atoms with Crippen LogP contribution in [0.5, 0.6) is 5.75 Å². The summed E-state index contributed by atoms with van der Waals surface area (Å²) < 4.78 is 36.2. The largest absolute Gasteiger partial charge is 0.481 e. The molecule has 38 heavy (non-hydrogen) atoms. The van der Waals surface area contributed by atoms with Crippen molar-refractivity contribution >= 4 is 25.7 Å². The summed E-state index contributed by atoms with van der Waals surface area (Å²) in [7, 11) is -4.39. The van der Waals surface area contributed by atoms with E-state index in [0.717, 1.165) is 37.7 Å². The van der Waals surface area contributed by atoms with E-state index in [1.807, 2.05) is 12.1 Å². The summed E-state index contributed by atoms with van der Waals surface area (Å²) in [5.74, 6) is -2.69. The summed E-state index contributed by atoms with van der Waals surface area (Å²) in [4.78, 5) is 35.8. The lowest BCUT2D eigenvalue weighted by atomic mass is 9.87. The number of carboxylic acids is 2. The monoisotopic (exact) mass is 553 g/mol. The molecule has 2 saturated carbocycles. The number of aliphatic carboxylic acids is 2. The molecule has 210 valence electrons. The highest BCUT2D eigenvalue weighted by Crippen LogP contribution is 2.48. The normalized spacial score (nSPS) is 24.6. The molecular formula is C26H36NO10P. The first-order chi connectivity index (χ1) is 18.1. The minimum Gasteiger partial charge on any atom is -0.481 e. The Morgan fingerprint density at radius 2 is 1.76 bits per heavy atom. The number of hydrogen-bond acceptors (Lipinski definition) is 8. The van der Waals surface area contributed by atoms with Crippen LogP contribution in [-0.2, 0) is 32.9 Å². The lowest BCUT2D eigenvalue weighted by molar-refractivity contribution is -0.154. The summed E-state index contributed by atoms with van der Waals surface area (Å²) >= 11 is 0. The minimum atomic E-state index is -4.39. The van der Waals surface area contributed by atoms with Crippen LogP contribution in [0.4, 0.5) is 0 Å². The molecule has 1 aromatic carbocycles. The van der Waals surface area contributed by atoms with Crippen molar-refractivity contribution in [2.45, 2.75) is 82.5 Å². The van der Waals surface area contributed by atoms with Crippen LogP contribution >= 0.6 is 7.75 Å². The third kappa shape index (κ3) is 8.02. The Hall–Kier alpha value is -2.46. The zero-order valence-corrected chi connectivity index (χ0v) is 22.3. The predicted octanol–water partition coefficient (Wildman–Crippen LogP) is 4.11. The van der Waals surface area contributed by atoms with Crippen molar-refractivity contribution < 1.29 is 47.7 Å². The third-order valence-corrected chi connectivity index (χ3v) is 9.00. The van der Waals surface area contributed by atoms with Gasteiger partial charge in [-0.2, -0.15) is 5.09 Å². The number of carboxylic acid groups (broad SMARTS) is 2. The quantitative estimate of drug-likeness (QED) is 0.212. The number of carbonyl (C=O) groups is 3. The van der Waals surface area contributed by atoms with Crippen molar-refractivity contribution in [2.24, 2.45) is 11.8 Å². The predicted molar refractivity (Wildman–Crippen MR) is 135 cm³/mol. The van der Waals surface area contributed by atoms with Crippen LogP contribution in [0.15, 0.2) is 24.3 Å². The summed E-state index contributed by atoms with van der Waals surface area (Å²) in [6.45, 7) is 2.01. The van der Waals surface area contributed by atoms with Gasteiger partial charge < -0.3 is 24.2 Å². The molecule has 3 aliphatic rings. The molecule has 3 fully saturated rings. The summed E-state index contributed by atoms with van der Waals surface area (Å²) in [5.41, 5.74) is 1.13. The van der Waals surface area contributed by atoms with Gasteiger partial charge >= 0.3 is 25.7 Å². The third-order valence-electron chi connectivity index (χ3n) is 7.31.